The molecule has 1 aliphatic rings. The number of thiazole rings is 1. The first-order valence-corrected chi connectivity index (χ1v) is 6.65. The van der Waals surface area contributed by atoms with Crippen LogP contribution in [0.5, 0.6) is 0 Å². The summed E-state index contributed by atoms with van der Waals surface area (Å²) in [5.41, 5.74) is 1.11. The second-order valence-electron chi connectivity index (χ2n) is 4.61. The Bertz CT molecular complexity index is 460. The van der Waals surface area contributed by atoms with Crippen LogP contribution in [0.1, 0.15) is 24.3 Å². The molecule has 16 heavy (non-hydrogen) atoms. The third-order valence-corrected chi connectivity index (χ3v) is 4.37. The highest BCUT2D eigenvalue weighted by atomic mass is 32.1. The molecule has 2 nitrogen and oxygen atoms in total. The fraction of sp³-hybridized carbons (Fsp3) is 0.462. The van der Waals surface area contributed by atoms with E-state index < -0.39 is 0 Å². The Labute approximate surface area is 99.0 Å². The fourth-order valence-electron chi connectivity index (χ4n) is 2.49. The molecule has 3 rings (SSSR count). The van der Waals surface area contributed by atoms with E-state index in [1.54, 1.807) is 11.3 Å². The summed E-state index contributed by atoms with van der Waals surface area (Å²) in [6.45, 7) is 0. The van der Waals surface area contributed by atoms with Gasteiger partial charge in [-0.15, -0.1) is 11.3 Å². The maximum absolute atomic E-state index is 9.50. The van der Waals surface area contributed by atoms with Gasteiger partial charge in [0.1, 0.15) is 0 Å². The molecule has 3 heteroatoms. The van der Waals surface area contributed by atoms with E-state index in [9.17, 15) is 5.11 Å². The predicted molar refractivity (Wildman–Crippen MR) is 66.7 cm³/mol. The van der Waals surface area contributed by atoms with Crippen molar-refractivity contribution in [3.05, 3.63) is 29.3 Å². The number of aliphatic hydroxyl groups is 1. The van der Waals surface area contributed by atoms with Crippen molar-refractivity contribution in [3.8, 4) is 0 Å². The Balaban J connectivity index is 1.79. The molecule has 0 saturated heterocycles. The number of benzene rings is 1. The second-order valence-corrected chi connectivity index (χ2v) is 5.73. The zero-order valence-electron chi connectivity index (χ0n) is 9.10. The van der Waals surface area contributed by atoms with E-state index in [1.807, 2.05) is 6.07 Å². The highest BCUT2D eigenvalue weighted by Gasteiger charge is 2.23. The summed E-state index contributed by atoms with van der Waals surface area (Å²) >= 11 is 1.79. The van der Waals surface area contributed by atoms with Gasteiger partial charge in [-0.1, -0.05) is 12.1 Å². The second kappa shape index (κ2) is 4.15. The predicted octanol–water partition coefficient (Wildman–Crippen LogP) is 3.00. The van der Waals surface area contributed by atoms with Crippen LogP contribution in [0, 0.1) is 5.92 Å². The Morgan fingerprint density at radius 3 is 2.94 bits per heavy atom. The van der Waals surface area contributed by atoms with Crippen LogP contribution in [0.2, 0.25) is 0 Å². The lowest BCUT2D eigenvalue weighted by Gasteiger charge is -2.05. The summed E-state index contributed by atoms with van der Waals surface area (Å²) in [6.07, 6.45) is 4.04. The summed E-state index contributed by atoms with van der Waals surface area (Å²) in [5, 5.41) is 10.7. The van der Waals surface area contributed by atoms with Gasteiger partial charge in [-0.2, -0.15) is 0 Å². The van der Waals surface area contributed by atoms with Gasteiger partial charge in [0, 0.05) is 6.42 Å². The van der Waals surface area contributed by atoms with Crippen LogP contribution in [0.15, 0.2) is 24.3 Å². The summed E-state index contributed by atoms with van der Waals surface area (Å²) in [6, 6.07) is 8.29. The quantitative estimate of drug-likeness (QED) is 0.865. The van der Waals surface area contributed by atoms with Crippen molar-refractivity contribution in [1.29, 1.82) is 0 Å². The zero-order valence-corrected chi connectivity index (χ0v) is 9.91. The van der Waals surface area contributed by atoms with Gasteiger partial charge in [0.05, 0.1) is 21.3 Å². The minimum atomic E-state index is -0.0700. The van der Waals surface area contributed by atoms with Gasteiger partial charge in [0.2, 0.25) is 0 Å². The summed E-state index contributed by atoms with van der Waals surface area (Å²) in [4.78, 5) is 4.64. The molecule has 1 saturated carbocycles. The van der Waals surface area contributed by atoms with E-state index in [0.717, 1.165) is 31.2 Å². The molecule has 0 bridgehead atoms. The average molecular weight is 233 g/mol. The Morgan fingerprint density at radius 2 is 2.19 bits per heavy atom. The maximum Gasteiger partial charge on any atom is 0.0941 e. The van der Waals surface area contributed by atoms with Gasteiger partial charge in [-0.05, 0) is 37.3 Å². The van der Waals surface area contributed by atoms with Crippen LogP contribution in [0.25, 0.3) is 10.2 Å². The molecule has 1 fully saturated rings. The van der Waals surface area contributed by atoms with Gasteiger partial charge in [-0.3, -0.25) is 0 Å². The van der Waals surface area contributed by atoms with Crippen molar-refractivity contribution < 1.29 is 5.11 Å². The van der Waals surface area contributed by atoms with Crippen molar-refractivity contribution in [2.24, 2.45) is 5.92 Å². The van der Waals surface area contributed by atoms with Crippen LogP contribution in [-0.4, -0.2) is 16.2 Å². The Morgan fingerprint density at radius 1 is 1.31 bits per heavy atom. The van der Waals surface area contributed by atoms with Gasteiger partial charge in [-0.25, -0.2) is 4.98 Å². The molecular formula is C13H15NOS. The molecule has 0 spiro atoms. The lowest BCUT2D eigenvalue weighted by Crippen LogP contribution is -2.02. The number of aliphatic hydroxyl groups excluding tert-OH is 1. The van der Waals surface area contributed by atoms with Gasteiger partial charge in [0.15, 0.2) is 0 Å². The topological polar surface area (TPSA) is 33.1 Å². The Kier molecular flexibility index (Phi) is 2.65. The number of hydrogen-bond acceptors (Lipinski definition) is 3. The average Bonchev–Trinajstić information content (AvgIpc) is 2.84. The monoisotopic (exact) mass is 233 g/mol. The molecule has 1 aromatic heterocycles. The third-order valence-electron chi connectivity index (χ3n) is 3.32. The van der Waals surface area contributed by atoms with Gasteiger partial charge in [0.25, 0.3) is 0 Å². The van der Waals surface area contributed by atoms with Crippen molar-refractivity contribution in [2.45, 2.75) is 31.8 Å². The number of rotatable bonds is 2. The van der Waals surface area contributed by atoms with E-state index in [4.69, 9.17) is 0 Å². The molecular weight excluding hydrogens is 218 g/mol. The van der Waals surface area contributed by atoms with E-state index in [0.29, 0.717) is 5.92 Å². The summed E-state index contributed by atoms with van der Waals surface area (Å²) < 4.78 is 1.27. The van der Waals surface area contributed by atoms with Crippen molar-refractivity contribution in [2.75, 3.05) is 0 Å². The molecule has 1 N–H and O–H groups in total. The van der Waals surface area contributed by atoms with Crippen LogP contribution in [0.3, 0.4) is 0 Å². The van der Waals surface area contributed by atoms with E-state index in [-0.39, 0.29) is 6.10 Å². The van der Waals surface area contributed by atoms with Crippen LogP contribution < -0.4 is 0 Å². The van der Waals surface area contributed by atoms with Gasteiger partial charge >= 0.3 is 0 Å². The molecule has 0 aliphatic heterocycles. The van der Waals surface area contributed by atoms with Crippen molar-refractivity contribution in [3.63, 3.8) is 0 Å². The molecule has 2 aromatic rings. The summed E-state index contributed by atoms with van der Waals surface area (Å²) in [7, 11) is 0. The number of hydrogen-bond donors (Lipinski definition) is 1. The first-order valence-electron chi connectivity index (χ1n) is 5.84. The maximum atomic E-state index is 9.50. The summed E-state index contributed by atoms with van der Waals surface area (Å²) in [5.74, 6) is 0.635. The normalized spacial score (nSPS) is 25.3. The largest absolute Gasteiger partial charge is 0.393 e. The Hall–Kier alpha value is -0.930. The SMILES string of the molecule is OC1CCC(Cc2nc3ccccc3s2)C1. The smallest absolute Gasteiger partial charge is 0.0941 e. The number of aromatic nitrogens is 1. The minimum absolute atomic E-state index is 0.0700. The molecule has 1 aromatic carbocycles. The molecule has 1 aliphatic carbocycles. The number of nitrogens with zero attached hydrogens (tertiary/aromatic N) is 1. The first kappa shape index (κ1) is 10.2. The minimum Gasteiger partial charge on any atom is -0.393 e. The molecule has 1 heterocycles. The van der Waals surface area contributed by atoms with Crippen molar-refractivity contribution >= 4 is 21.6 Å². The molecule has 0 radical (unpaired) electrons. The van der Waals surface area contributed by atoms with E-state index in [1.165, 1.54) is 9.71 Å². The molecule has 84 valence electrons. The molecule has 2 atom stereocenters. The zero-order chi connectivity index (χ0) is 11.0. The van der Waals surface area contributed by atoms with Gasteiger partial charge < -0.3 is 5.11 Å². The standard InChI is InChI=1S/C13H15NOS/c15-10-6-5-9(7-10)8-13-14-11-3-1-2-4-12(11)16-13/h1-4,9-10,15H,5-8H2. The highest BCUT2D eigenvalue weighted by molar-refractivity contribution is 7.18. The van der Waals surface area contributed by atoms with Crippen molar-refractivity contribution in [1.82, 2.24) is 4.98 Å². The van der Waals surface area contributed by atoms with E-state index >= 15 is 0 Å². The molecule has 2 unspecified atom stereocenters. The van der Waals surface area contributed by atoms with E-state index in [2.05, 4.69) is 23.2 Å². The first-order chi connectivity index (χ1) is 7.81. The van der Waals surface area contributed by atoms with Crippen LogP contribution >= 0.6 is 11.3 Å². The lowest BCUT2D eigenvalue weighted by molar-refractivity contribution is 0.177. The number of fused-ring (bicyclic) bond motifs is 1. The number of para-hydroxylation sites is 1. The van der Waals surface area contributed by atoms with Crippen LogP contribution in [0.4, 0.5) is 0 Å². The fourth-order valence-corrected chi connectivity index (χ4v) is 3.57. The third kappa shape index (κ3) is 1.97. The van der Waals surface area contributed by atoms with Crippen LogP contribution in [-0.2, 0) is 6.42 Å². The molecule has 0 amide bonds. The lowest BCUT2D eigenvalue weighted by atomic mass is 10.0. The highest BCUT2D eigenvalue weighted by Crippen LogP contribution is 2.31.